The van der Waals surface area contributed by atoms with Gasteiger partial charge in [0.1, 0.15) is 0 Å². The van der Waals surface area contributed by atoms with E-state index in [2.05, 4.69) is 71.1 Å². The first-order chi connectivity index (χ1) is 11.7. The van der Waals surface area contributed by atoms with Gasteiger partial charge in [-0.1, -0.05) is 30.3 Å². The Kier molecular flexibility index (Phi) is 7.33. The number of hydrogen-bond donors (Lipinski definition) is 2. The Morgan fingerprint density at radius 3 is 2.75 bits per heavy atom. The third kappa shape index (κ3) is 6.44. The van der Waals surface area contributed by atoms with Crippen molar-refractivity contribution in [3.05, 3.63) is 53.9 Å². The predicted molar refractivity (Wildman–Crippen MR) is 100 cm³/mol. The van der Waals surface area contributed by atoms with Crippen LogP contribution in [-0.4, -0.2) is 35.4 Å². The smallest absolute Gasteiger partial charge is 0.191 e. The van der Waals surface area contributed by atoms with Crippen LogP contribution < -0.4 is 10.6 Å². The van der Waals surface area contributed by atoms with Crippen LogP contribution in [0.25, 0.3) is 0 Å². The van der Waals surface area contributed by atoms with Crippen LogP contribution in [0.3, 0.4) is 0 Å². The van der Waals surface area contributed by atoms with Crippen molar-refractivity contribution in [2.24, 2.45) is 4.99 Å². The summed E-state index contributed by atoms with van der Waals surface area (Å²) in [6.07, 6.45) is 7.13. The van der Waals surface area contributed by atoms with Crippen LogP contribution in [0.1, 0.15) is 30.9 Å². The number of aromatic nitrogens is 2. The molecule has 5 heteroatoms. The number of aliphatic imine (C=N–C) groups is 1. The van der Waals surface area contributed by atoms with Gasteiger partial charge in [0.25, 0.3) is 0 Å². The van der Waals surface area contributed by atoms with Crippen molar-refractivity contribution in [3.8, 4) is 0 Å². The molecule has 1 heterocycles. The standard InChI is InChI=1S/C19H29N5/c1-16-14-22-24(15-16)13-7-12-21-19(20-3)23-17(2)10-11-18-8-5-4-6-9-18/h4-6,8-9,14-15,17H,7,10-13H2,1-3H3,(H2,20,21,23). The predicted octanol–water partition coefficient (Wildman–Crippen LogP) is 2.77. The van der Waals surface area contributed by atoms with Crippen LogP contribution in [-0.2, 0) is 13.0 Å². The first kappa shape index (κ1) is 18.0. The minimum Gasteiger partial charge on any atom is -0.356 e. The molecule has 0 spiro atoms. The van der Waals surface area contributed by atoms with Crippen LogP contribution in [0.5, 0.6) is 0 Å². The fourth-order valence-electron chi connectivity index (χ4n) is 2.57. The molecular formula is C19H29N5. The fourth-order valence-corrected chi connectivity index (χ4v) is 2.57. The van der Waals surface area contributed by atoms with Crippen LogP contribution in [0.4, 0.5) is 0 Å². The maximum Gasteiger partial charge on any atom is 0.191 e. The molecule has 0 aliphatic heterocycles. The summed E-state index contributed by atoms with van der Waals surface area (Å²) < 4.78 is 1.98. The largest absolute Gasteiger partial charge is 0.356 e. The van der Waals surface area contributed by atoms with Gasteiger partial charge in [-0.25, -0.2) is 0 Å². The molecule has 0 aliphatic carbocycles. The number of benzene rings is 1. The van der Waals surface area contributed by atoms with E-state index in [-0.39, 0.29) is 0 Å². The Morgan fingerprint density at radius 2 is 2.08 bits per heavy atom. The third-order valence-electron chi connectivity index (χ3n) is 3.93. The van der Waals surface area contributed by atoms with E-state index in [0.717, 1.165) is 38.3 Å². The number of nitrogens with zero attached hydrogens (tertiary/aromatic N) is 3. The van der Waals surface area contributed by atoms with E-state index in [0.29, 0.717) is 6.04 Å². The highest BCUT2D eigenvalue weighted by atomic mass is 15.3. The highest BCUT2D eigenvalue weighted by Gasteiger charge is 2.05. The van der Waals surface area contributed by atoms with Crippen molar-refractivity contribution in [2.75, 3.05) is 13.6 Å². The molecular weight excluding hydrogens is 298 g/mol. The van der Waals surface area contributed by atoms with Gasteiger partial charge in [-0.2, -0.15) is 5.10 Å². The first-order valence-corrected chi connectivity index (χ1v) is 8.67. The molecule has 0 amide bonds. The molecule has 2 rings (SSSR count). The SMILES string of the molecule is CN=C(NCCCn1cc(C)cn1)NC(C)CCc1ccccc1. The van der Waals surface area contributed by atoms with Crippen molar-refractivity contribution in [1.82, 2.24) is 20.4 Å². The summed E-state index contributed by atoms with van der Waals surface area (Å²) in [6.45, 7) is 6.05. The molecule has 0 saturated carbocycles. The van der Waals surface area contributed by atoms with E-state index in [4.69, 9.17) is 0 Å². The molecule has 0 radical (unpaired) electrons. The molecule has 0 saturated heterocycles. The van der Waals surface area contributed by atoms with Gasteiger partial charge in [-0.3, -0.25) is 9.67 Å². The molecule has 1 aromatic carbocycles. The Bertz CT molecular complexity index is 618. The second-order valence-electron chi connectivity index (χ2n) is 6.20. The van der Waals surface area contributed by atoms with Gasteiger partial charge in [0, 0.05) is 32.4 Å². The van der Waals surface area contributed by atoms with E-state index in [1.165, 1.54) is 11.1 Å². The van der Waals surface area contributed by atoms with Crippen molar-refractivity contribution >= 4 is 5.96 Å². The molecule has 1 aromatic heterocycles. The highest BCUT2D eigenvalue weighted by molar-refractivity contribution is 5.79. The number of hydrogen-bond acceptors (Lipinski definition) is 2. The Balaban J connectivity index is 1.64. The fraction of sp³-hybridized carbons (Fsp3) is 0.474. The Hall–Kier alpha value is -2.30. The van der Waals surface area contributed by atoms with Gasteiger partial charge >= 0.3 is 0 Å². The molecule has 0 fully saturated rings. The van der Waals surface area contributed by atoms with E-state index >= 15 is 0 Å². The molecule has 130 valence electrons. The average Bonchev–Trinajstić information content (AvgIpc) is 3.02. The maximum atomic E-state index is 4.30. The lowest BCUT2D eigenvalue weighted by molar-refractivity contribution is 0.559. The summed E-state index contributed by atoms with van der Waals surface area (Å²) in [5.41, 5.74) is 2.58. The van der Waals surface area contributed by atoms with Gasteiger partial charge in [0.15, 0.2) is 5.96 Å². The monoisotopic (exact) mass is 327 g/mol. The van der Waals surface area contributed by atoms with E-state index in [1.807, 2.05) is 17.9 Å². The lowest BCUT2D eigenvalue weighted by Gasteiger charge is -2.18. The maximum absolute atomic E-state index is 4.30. The normalized spacial score (nSPS) is 12.9. The minimum atomic E-state index is 0.380. The van der Waals surface area contributed by atoms with E-state index < -0.39 is 0 Å². The Morgan fingerprint density at radius 1 is 1.29 bits per heavy atom. The number of nitrogens with one attached hydrogen (secondary N) is 2. The number of guanidine groups is 1. The van der Waals surface area contributed by atoms with Gasteiger partial charge < -0.3 is 10.6 Å². The van der Waals surface area contributed by atoms with Gasteiger partial charge in [0.2, 0.25) is 0 Å². The zero-order chi connectivity index (χ0) is 17.2. The third-order valence-corrected chi connectivity index (χ3v) is 3.93. The van der Waals surface area contributed by atoms with Crippen LogP contribution in [0.2, 0.25) is 0 Å². The molecule has 1 atom stereocenters. The lowest BCUT2D eigenvalue weighted by Crippen LogP contribution is -2.42. The number of aryl methyl sites for hydroxylation is 3. The van der Waals surface area contributed by atoms with Crippen LogP contribution >= 0.6 is 0 Å². The first-order valence-electron chi connectivity index (χ1n) is 8.67. The Labute approximate surface area is 145 Å². The molecule has 1 unspecified atom stereocenters. The van der Waals surface area contributed by atoms with Crippen molar-refractivity contribution < 1.29 is 0 Å². The second kappa shape index (κ2) is 9.75. The minimum absolute atomic E-state index is 0.380. The summed E-state index contributed by atoms with van der Waals surface area (Å²) in [4.78, 5) is 4.30. The zero-order valence-corrected chi connectivity index (χ0v) is 15.0. The quantitative estimate of drug-likeness (QED) is 0.445. The zero-order valence-electron chi connectivity index (χ0n) is 15.0. The number of rotatable bonds is 8. The summed E-state index contributed by atoms with van der Waals surface area (Å²) in [5, 5.41) is 11.1. The lowest BCUT2D eigenvalue weighted by atomic mass is 10.1. The van der Waals surface area contributed by atoms with Gasteiger partial charge in [-0.15, -0.1) is 0 Å². The van der Waals surface area contributed by atoms with E-state index in [9.17, 15) is 0 Å². The van der Waals surface area contributed by atoms with Gasteiger partial charge in [-0.05, 0) is 44.2 Å². The summed E-state index contributed by atoms with van der Waals surface area (Å²) in [7, 11) is 1.82. The molecule has 2 aromatic rings. The topological polar surface area (TPSA) is 54.2 Å². The van der Waals surface area contributed by atoms with Crippen molar-refractivity contribution in [3.63, 3.8) is 0 Å². The molecule has 24 heavy (non-hydrogen) atoms. The summed E-state index contributed by atoms with van der Waals surface area (Å²) in [6, 6.07) is 11.0. The molecule has 0 aliphatic rings. The molecule has 5 nitrogen and oxygen atoms in total. The summed E-state index contributed by atoms with van der Waals surface area (Å²) in [5.74, 6) is 0.868. The molecule has 0 bridgehead atoms. The van der Waals surface area contributed by atoms with Crippen molar-refractivity contribution in [1.29, 1.82) is 0 Å². The van der Waals surface area contributed by atoms with Crippen molar-refractivity contribution in [2.45, 2.75) is 45.7 Å². The average molecular weight is 327 g/mol. The van der Waals surface area contributed by atoms with Gasteiger partial charge in [0.05, 0.1) is 6.20 Å². The van der Waals surface area contributed by atoms with Crippen LogP contribution in [0, 0.1) is 6.92 Å². The molecule has 2 N–H and O–H groups in total. The second-order valence-corrected chi connectivity index (χ2v) is 6.20. The highest BCUT2D eigenvalue weighted by Crippen LogP contribution is 2.04. The van der Waals surface area contributed by atoms with Crippen LogP contribution in [0.15, 0.2) is 47.7 Å². The van der Waals surface area contributed by atoms with E-state index in [1.54, 1.807) is 0 Å². The summed E-state index contributed by atoms with van der Waals surface area (Å²) >= 11 is 0.